The number of fused-ring (bicyclic) bond motifs is 14. The molecule has 14 rings (SSSR count). The molecule has 4 heterocycles. The Balaban J connectivity index is 1.12. The van der Waals surface area contributed by atoms with Gasteiger partial charge >= 0.3 is 6.85 Å². The van der Waals surface area contributed by atoms with Crippen LogP contribution in [0.4, 0.5) is 34.1 Å². The maximum Gasteiger partial charge on any atom is 0.333 e. The van der Waals surface area contributed by atoms with Crippen molar-refractivity contribution in [2.24, 2.45) is 0 Å². The van der Waals surface area contributed by atoms with Crippen LogP contribution in [0.2, 0.25) is 0 Å². The summed E-state index contributed by atoms with van der Waals surface area (Å²) in [5.41, 5.74) is 18.7. The van der Waals surface area contributed by atoms with Crippen LogP contribution in [-0.4, -0.2) is 11.3 Å². The van der Waals surface area contributed by atoms with E-state index in [9.17, 15) is 0 Å². The predicted octanol–water partition coefficient (Wildman–Crippen LogP) is 16.5. The van der Waals surface area contributed by atoms with Gasteiger partial charge in [0.1, 0.15) is 5.58 Å². The molecule has 0 spiro atoms. The number of nitrogens with zero attached hydrogens (tertiary/aromatic N) is 3. The first kappa shape index (κ1) is 40.1. The second kappa shape index (κ2) is 14.3. The minimum Gasteiger partial charge on any atom is -0.454 e. The molecule has 0 atom stereocenters. The molecular weight excluding hydrogens is 838 g/mol. The van der Waals surface area contributed by atoms with Crippen molar-refractivity contribution in [1.29, 1.82) is 0 Å². The number of hydrogen-bond donors (Lipinski definition) is 0. The van der Waals surface area contributed by atoms with Crippen molar-refractivity contribution in [3.05, 3.63) is 205 Å². The molecule has 5 heteroatoms. The molecule has 4 nitrogen and oxygen atoms in total. The Kier molecular flexibility index (Phi) is 8.28. The number of benzene rings is 10. The summed E-state index contributed by atoms with van der Waals surface area (Å²) in [4.78, 5) is 4.99. The van der Waals surface area contributed by atoms with E-state index >= 15 is 0 Å². The van der Waals surface area contributed by atoms with Gasteiger partial charge < -0.3 is 18.7 Å². The molecule has 0 bridgehead atoms. The maximum absolute atomic E-state index is 6.95. The molecule has 0 saturated carbocycles. The van der Waals surface area contributed by atoms with E-state index in [0.29, 0.717) is 0 Å². The molecule has 330 valence electrons. The molecule has 2 aromatic heterocycles. The molecule has 0 aliphatic carbocycles. The third-order valence-corrected chi connectivity index (χ3v) is 15.2. The average Bonchev–Trinajstić information content (AvgIpc) is 3.92. The fraction of sp³-hybridized carbons (Fsp3) is 0.125. The summed E-state index contributed by atoms with van der Waals surface area (Å²) in [7, 11) is 0. The van der Waals surface area contributed by atoms with E-state index in [4.69, 9.17) is 4.42 Å². The minimum atomic E-state index is -0.162. The van der Waals surface area contributed by atoms with Gasteiger partial charge in [0.05, 0.1) is 11.4 Å². The van der Waals surface area contributed by atoms with Crippen LogP contribution in [0.1, 0.15) is 52.7 Å². The molecular formula is C64H50BN3O. The van der Waals surface area contributed by atoms with Crippen molar-refractivity contribution in [2.75, 3.05) is 9.80 Å². The molecule has 10 aromatic carbocycles. The highest BCUT2D eigenvalue weighted by Gasteiger charge is 2.44. The van der Waals surface area contributed by atoms with E-state index in [1.54, 1.807) is 0 Å². The van der Waals surface area contributed by atoms with Crippen molar-refractivity contribution in [3.8, 4) is 11.1 Å². The average molecular weight is 888 g/mol. The van der Waals surface area contributed by atoms with Gasteiger partial charge in [-0.05, 0) is 121 Å². The molecule has 0 amide bonds. The van der Waals surface area contributed by atoms with Crippen LogP contribution < -0.4 is 20.7 Å². The normalized spacial score (nSPS) is 13.3. The van der Waals surface area contributed by atoms with Crippen LogP contribution in [0.3, 0.4) is 0 Å². The Bertz CT molecular complexity index is 4050. The number of para-hydroxylation sites is 3. The first-order valence-electron chi connectivity index (χ1n) is 24.4. The molecule has 0 radical (unpaired) electrons. The fourth-order valence-corrected chi connectivity index (χ4v) is 11.9. The Morgan fingerprint density at radius 1 is 0.464 bits per heavy atom. The summed E-state index contributed by atoms with van der Waals surface area (Å²) >= 11 is 0. The first-order valence-corrected chi connectivity index (χ1v) is 24.4. The van der Waals surface area contributed by atoms with Gasteiger partial charge in [0.25, 0.3) is 0 Å². The summed E-state index contributed by atoms with van der Waals surface area (Å²) in [5.74, 6) is 0. The van der Waals surface area contributed by atoms with Crippen LogP contribution in [0.5, 0.6) is 0 Å². The summed E-state index contributed by atoms with van der Waals surface area (Å²) in [6, 6.07) is 72.7. The van der Waals surface area contributed by atoms with E-state index < -0.39 is 0 Å². The molecule has 0 unspecified atom stereocenters. The van der Waals surface area contributed by atoms with Gasteiger partial charge in [0, 0.05) is 66.3 Å². The van der Waals surface area contributed by atoms with E-state index in [0.717, 1.165) is 50.4 Å². The number of anilines is 6. The van der Waals surface area contributed by atoms with Crippen molar-refractivity contribution in [3.63, 3.8) is 0 Å². The first-order chi connectivity index (χ1) is 33.5. The van der Waals surface area contributed by atoms with Gasteiger partial charge in [-0.25, -0.2) is 0 Å². The predicted molar refractivity (Wildman–Crippen MR) is 294 cm³/mol. The second-order valence-corrected chi connectivity index (χ2v) is 21.3. The van der Waals surface area contributed by atoms with Crippen LogP contribution >= 0.6 is 0 Å². The quantitative estimate of drug-likeness (QED) is 0.165. The van der Waals surface area contributed by atoms with Crippen molar-refractivity contribution >= 4 is 117 Å². The van der Waals surface area contributed by atoms with E-state index in [1.807, 2.05) is 0 Å². The number of aromatic nitrogens is 1. The van der Waals surface area contributed by atoms with E-state index in [-0.39, 0.29) is 17.7 Å². The van der Waals surface area contributed by atoms with Crippen molar-refractivity contribution in [1.82, 2.24) is 4.48 Å². The highest BCUT2D eigenvalue weighted by molar-refractivity contribution is 6.90. The zero-order valence-electron chi connectivity index (χ0n) is 39.8. The number of rotatable bonds is 4. The molecule has 69 heavy (non-hydrogen) atoms. The SMILES string of the molecule is CC(C)(C)c1ccc(N(c2ccc(C(C)(C)C)cc2)c2ccc3c(c2)B2c4c(cc5ccccc5c4N3c3cccc4c3oc3ccccc34)-c3cccc4c5c6ccccc6ccc5n2c34)cc1. The lowest BCUT2D eigenvalue weighted by molar-refractivity contribution is 0.590. The van der Waals surface area contributed by atoms with Crippen molar-refractivity contribution < 1.29 is 4.42 Å². The Morgan fingerprint density at radius 2 is 1.07 bits per heavy atom. The fourth-order valence-electron chi connectivity index (χ4n) is 11.9. The summed E-state index contributed by atoms with van der Waals surface area (Å²) in [6.07, 6.45) is 0. The van der Waals surface area contributed by atoms with Crippen LogP contribution in [0, 0.1) is 0 Å². The minimum absolute atomic E-state index is 0.0262. The highest BCUT2D eigenvalue weighted by Crippen LogP contribution is 2.51. The zero-order chi connectivity index (χ0) is 46.5. The molecule has 0 N–H and O–H groups in total. The largest absolute Gasteiger partial charge is 0.454 e. The molecule has 2 aliphatic rings. The molecule has 2 aliphatic heterocycles. The van der Waals surface area contributed by atoms with Gasteiger partial charge in [-0.1, -0.05) is 169 Å². The topological polar surface area (TPSA) is 24.6 Å². The molecule has 0 fully saturated rings. The van der Waals surface area contributed by atoms with Crippen molar-refractivity contribution in [2.45, 2.75) is 52.4 Å². The van der Waals surface area contributed by atoms with Crippen LogP contribution in [-0.2, 0) is 10.8 Å². The van der Waals surface area contributed by atoms with E-state index in [2.05, 4.69) is 250 Å². The molecule has 12 aromatic rings. The number of furan rings is 1. The molecule has 0 saturated heterocycles. The third-order valence-electron chi connectivity index (χ3n) is 15.2. The zero-order valence-corrected chi connectivity index (χ0v) is 39.8. The van der Waals surface area contributed by atoms with Gasteiger partial charge in [0.2, 0.25) is 0 Å². The second-order valence-electron chi connectivity index (χ2n) is 21.3. The smallest absolute Gasteiger partial charge is 0.333 e. The summed E-state index contributed by atoms with van der Waals surface area (Å²) < 4.78 is 9.64. The van der Waals surface area contributed by atoms with Gasteiger partial charge in [0.15, 0.2) is 5.58 Å². The Morgan fingerprint density at radius 3 is 1.80 bits per heavy atom. The number of hydrogen-bond acceptors (Lipinski definition) is 3. The Hall–Kier alpha value is -8.02. The lowest BCUT2D eigenvalue weighted by Crippen LogP contribution is -2.56. The van der Waals surface area contributed by atoms with Gasteiger partial charge in [-0.3, -0.25) is 0 Å². The highest BCUT2D eigenvalue weighted by atomic mass is 16.3. The van der Waals surface area contributed by atoms with Gasteiger partial charge in [-0.15, -0.1) is 0 Å². The summed E-state index contributed by atoms with van der Waals surface area (Å²) in [5, 5.41) is 9.76. The maximum atomic E-state index is 6.95. The van der Waals surface area contributed by atoms with Gasteiger partial charge in [-0.2, -0.15) is 0 Å². The van der Waals surface area contributed by atoms with E-state index in [1.165, 1.54) is 82.2 Å². The standard InChI is InChI=1S/C64H50BN3O/c1-63(2,3)41-26-30-43(31-27-41)66(44-32-28-42(29-33-44)64(4,5)6)45-34-36-54-53(38-45)65-59-52(49-20-13-22-51-58-46-17-9-7-15-39(46)25-35-55(58)68(65)60(49)51)37-40-16-8-10-18-47(40)61(59)67(54)56-23-14-21-50-48-19-11-12-24-57(48)69-62(50)56/h7-38H,1-6H3. The lowest BCUT2D eigenvalue weighted by Gasteiger charge is -2.41. The van der Waals surface area contributed by atoms with Crippen LogP contribution in [0.25, 0.3) is 76.4 Å². The lowest BCUT2D eigenvalue weighted by atomic mass is 9.44. The Labute approximate surface area is 402 Å². The summed E-state index contributed by atoms with van der Waals surface area (Å²) in [6.45, 7) is 13.6. The monoisotopic (exact) mass is 887 g/mol. The van der Waals surface area contributed by atoms with Crippen LogP contribution in [0.15, 0.2) is 199 Å². The third kappa shape index (κ3) is 5.77.